The predicted octanol–water partition coefficient (Wildman–Crippen LogP) is 0.922. The number of aliphatic hydroxyl groups is 1. The third-order valence-electron chi connectivity index (χ3n) is 4.96. The summed E-state index contributed by atoms with van der Waals surface area (Å²) in [6.45, 7) is 0.682. The fraction of sp³-hybridized carbons (Fsp3) is 0.786. The number of halogens is 1. The number of nitrogens with zero attached hydrogens (tertiary/aromatic N) is 3. The Kier molecular flexibility index (Phi) is 4.38. The highest BCUT2D eigenvalue weighted by molar-refractivity contribution is 6.28. The number of nitrogens with one attached hydrogen (secondary N) is 1. The normalized spacial score (nSPS) is 31.3. The summed E-state index contributed by atoms with van der Waals surface area (Å²) in [7, 11) is 1.70. The minimum absolute atomic E-state index is 0.0351. The Morgan fingerprint density at radius 3 is 3.09 bits per heavy atom. The van der Waals surface area contributed by atoms with Crippen molar-refractivity contribution in [3.05, 3.63) is 11.1 Å². The van der Waals surface area contributed by atoms with Crippen LogP contribution in [-0.4, -0.2) is 62.5 Å². The molecule has 8 heteroatoms. The molecule has 2 fully saturated rings. The third kappa shape index (κ3) is 2.85. The van der Waals surface area contributed by atoms with Gasteiger partial charge in [-0.2, -0.15) is 0 Å². The second kappa shape index (κ2) is 6.14. The molecule has 7 nitrogen and oxygen atoms in total. The van der Waals surface area contributed by atoms with E-state index in [0.717, 1.165) is 19.3 Å². The maximum absolute atomic E-state index is 12.5. The van der Waals surface area contributed by atoms with Crippen molar-refractivity contribution in [3.8, 4) is 0 Å². The van der Waals surface area contributed by atoms with E-state index in [4.69, 9.17) is 16.3 Å². The molecule has 1 aliphatic carbocycles. The molecule has 1 saturated carbocycles. The molecule has 3 rings (SSSR count). The molecule has 1 aromatic rings. The number of likely N-dealkylation sites (tertiary alicyclic amines) is 1. The van der Waals surface area contributed by atoms with E-state index in [1.54, 1.807) is 7.11 Å². The van der Waals surface area contributed by atoms with Crippen LogP contribution in [-0.2, 0) is 16.0 Å². The summed E-state index contributed by atoms with van der Waals surface area (Å²) in [5, 5.41) is 16.6. The monoisotopic (exact) mass is 328 g/mol. The average Bonchev–Trinajstić information content (AvgIpc) is 3.09. The zero-order valence-corrected chi connectivity index (χ0v) is 13.3. The van der Waals surface area contributed by atoms with Crippen LogP contribution in [0.1, 0.15) is 37.9 Å². The smallest absolute Gasteiger partial charge is 0.242 e. The van der Waals surface area contributed by atoms with Crippen molar-refractivity contribution in [2.75, 3.05) is 13.7 Å². The average molecular weight is 329 g/mol. The van der Waals surface area contributed by atoms with Gasteiger partial charge >= 0.3 is 0 Å². The first kappa shape index (κ1) is 15.7. The maximum atomic E-state index is 12.5. The zero-order valence-electron chi connectivity index (χ0n) is 12.6. The molecule has 2 N–H and O–H groups in total. The first-order chi connectivity index (χ1) is 10.5. The van der Waals surface area contributed by atoms with Gasteiger partial charge in [0, 0.05) is 26.5 Å². The van der Waals surface area contributed by atoms with Gasteiger partial charge in [0.05, 0.1) is 17.7 Å². The van der Waals surface area contributed by atoms with Gasteiger partial charge in [-0.1, -0.05) is 0 Å². The van der Waals surface area contributed by atoms with Gasteiger partial charge in [0.1, 0.15) is 5.82 Å². The quantitative estimate of drug-likeness (QED) is 0.857. The van der Waals surface area contributed by atoms with Crippen molar-refractivity contribution >= 4 is 17.5 Å². The molecule has 1 saturated heterocycles. The van der Waals surface area contributed by atoms with E-state index in [2.05, 4.69) is 15.2 Å². The lowest BCUT2D eigenvalue weighted by Crippen LogP contribution is -2.52. The Bertz CT molecular complexity index is 552. The standard InChI is InChI=1S/C14H21ClN4O3/c1-22-14-5-4-9(20)8-10(14)19(7-6-14)12(21)3-2-11-16-13(15)18-17-11/h9-10,20H,2-8H2,1H3,(H,16,17,18)/t9?,10?,14-/m1/s1. The van der Waals surface area contributed by atoms with Crippen LogP contribution in [0.3, 0.4) is 0 Å². The van der Waals surface area contributed by atoms with Crippen LogP contribution in [0.5, 0.6) is 0 Å². The molecule has 2 unspecified atom stereocenters. The first-order valence-corrected chi connectivity index (χ1v) is 8.01. The zero-order chi connectivity index (χ0) is 15.7. The van der Waals surface area contributed by atoms with Crippen molar-refractivity contribution < 1.29 is 14.6 Å². The van der Waals surface area contributed by atoms with E-state index < -0.39 is 0 Å². The van der Waals surface area contributed by atoms with Gasteiger partial charge in [-0.3, -0.25) is 9.89 Å². The van der Waals surface area contributed by atoms with Crippen molar-refractivity contribution in [3.63, 3.8) is 0 Å². The number of aromatic amines is 1. The molecule has 22 heavy (non-hydrogen) atoms. The number of ether oxygens (including phenoxy) is 1. The molecular formula is C14H21ClN4O3. The lowest BCUT2D eigenvalue weighted by Gasteiger charge is -2.42. The molecule has 0 bridgehead atoms. The van der Waals surface area contributed by atoms with Crippen molar-refractivity contribution in [1.82, 2.24) is 20.1 Å². The number of carbonyl (C=O) groups excluding carboxylic acids is 1. The SMILES string of the molecule is CO[C@@]12CCC(O)CC1N(C(=O)CCc1nc(Cl)n[nH]1)CC2. The van der Waals surface area contributed by atoms with Gasteiger partial charge in [-0.25, -0.2) is 4.98 Å². The fourth-order valence-electron chi connectivity index (χ4n) is 3.73. The van der Waals surface area contributed by atoms with Gasteiger partial charge < -0.3 is 14.7 Å². The van der Waals surface area contributed by atoms with Crippen LogP contribution in [0.25, 0.3) is 0 Å². The van der Waals surface area contributed by atoms with Gasteiger partial charge in [-0.15, -0.1) is 5.10 Å². The largest absolute Gasteiger partial charge is 0.393 e. The molecular weight excluding hydrogens is 308 g/mol. The fourth-order valence-corrected chi connectivity index (χ4v) is 3.87. The van der Waals surface area contributed by atoms with Crippen LogP contribution in [0.2, 0.25) is 5.28 Å². The third-order valence-corrected chi connectivity index (χ3v) is 5.13. The minimum atomic E-state index is -0.352. The van der Waals surface area contributed by atoms with E-state index in [1.165, 1.54) is 0 Å². The van der Waals surface area contributed by atoms with E-state index in [0.29, 0.717) is 31.6 Å². The summed E-state index contributed by atoms with van der Waals surface area (Å²) in [6.07, 6.45) is 3.44. The lowest BCUT2D eigenvalue weighted by molar-refractivity contribution is -0.139. The highest BCUT2D eigenvalue weighted by Gasteiger charge is 2.52. The van der Waals surface area contributed by atoms with Crippen molar-refractivity contribution in [2.24, 2.45) is 0 Å². The predicted molar refractivity (Wildman–Crippen MR) is 79.4 cm³/mol. The molecule has 0 radical (unpaired) electrons. The van der Waals surface area contributed by atoms with Crippen LogP contribution < -0.4 is 0 Å². The summed E-state index contributed by atoms with van der Waals surface area (Å²) < 4.78 is 5.75. The number of fused-ring (bicyclic) bond motifs is 1. The highest BCUT2D eigenvalue weighted by Crippen LogP contribution is 2.42. The van der Waals surface area contributed by atoms with Crippen LogP contribution in [0.4, 0.5) is 0 Å². The van der Waals surface area contributed by atoms with Gasteiger partial charge in [0.2, 0.25) is 11.2 Å². The summed E-state index contributed by atoms with van der Waals surface area (Å²) in [5.74, 6) is 0.671. The summed E-state index contributed by atoms with van der Waals surface area (Å²) in [6, 6.07) is -0.0351. The van der Waals surface area contributed by atoms with Gasteiger partial charge in [0.25, 0.3) is 0 Å². The topological polar surface area (TPSA) is 91.3 Å². The number of carbonyl (C=O) groups is 1. The number of aliphatic hydroxyl groups excluding tert-OH is 1. The Morgan fingerprint density at radius 1 is 1.59 bits per heavy atom. The molecule has 1 aromatic heterocycles. The van der Waals surface area contributed by atoms with Crippen LogP contribution in [0.15, 0.2) is 0 Å². The number of aromatic nitrogens is 3. The Hall–Kier alpha value is -1.18. The van der Waals surface area contributed by atoms with E-state index in [-0.39, 0.29) is 28.9 Å². The Morgan fingerprint density at radius 2 is 2.41 bits per heavy atom. The molecule has 0 aromatic carbocycles. The van der Waals surface area contributed by atoms with Crippen molar-refractivity contribution in [2.45, 2.75) is 56.3 Å². The highest BCUT2D eigenvalue weighted by atomic mass is 35.5. The second-order valence-corrected chi connectivity index (χ2v) is 6.44. The molecule has 0 spiro atoms. The molecule has 1 amide bonds. The number of amides is 1. The number of aryl methyl sites for hydroxylation is 1. The number of hydrogen-bond donors (Lipinski definition) is 2. The second-order valence-electron chi connectivity index (χ2n) is 6.10. The lowest BCUT2D eigenvalue weighted by atomic mass is 9.79. The van der Waals surface area contributed by atoms with Crippen molar-refractivity contribution in [1.29, 1.82) is 0 Å². The maximum Gasteiger partial charge on any atom is 0.242 e. The number of methoxy groups -OCH3 is 1. The van der Waals surface area contributed by atoms with Gasteiger partial charge in [0.15, 0.2) is 0 Å². The van der Waals surface area contributed by atoms with E-state index in [1.807, 2.05) is 4.90 Å². The number of H-pyrrole nitrogens is 1. The Labute approximate surface area is 134 Å². The molecule has 2 heterocycles. The van der Waals surface area contributed by atoms with Crippen LogP contribution >= 0.6 is 11.6 Å². The molecule has 2 aliphatic rings. The summed E-state index contributed by atoms with van der Waals surface area (Å²) >= 11 is 5.65. The van der Waals surface area contributed by atoms with Gasteiger partial charge in [-0.05, 0) is 37.3 Å². The minimum Gasteiger partial charge on any atom is -0.393 e. The Balaban J connectivity index is 1.64. The first-order valence-electron chi connectivity index (χ1n) is 7.63. The number of rotatable bonds is 4. The molecule has 122 valence electrons. The molecule has 3 atom stereocenters. The van der Waals surface area contributed by atoms with E-state index in [9.17, 15) is 9.90 Å². The summed E-state index contributed by atoms with van der Waals surface area (Å²) in [5.41, 5.74) is -0.287. The summed E-state index contributed by atoms with van der Waals surface area (Å²) in [4.78, 5) is 18.4. The van der Waals surface area contributed by atoms with E-state index >= 15 is 0 Å². The molecule has 1 aliphatic heterocycles. The number of hydrogen-bond acceptors (Lipinski definition) is 5. The van der Waals surface area contributed by atoms with Crippen LogP contribution in [0, 0.1) is 0 Å².